The zero-order valence-electron chi connectivity index (χ0n) is 16.2. The number of primary amides is 1. The van der Waals surface area contributed by atoms with Crippen molar-refractivity contribution in [3.63, 3.8) is 0 Å². The molecule has 0 aliphatic carbocycles. The average Bonchev–Trinajstić information content (AvgIpc) is 3.38. The van der Waals surface area contributed by atoms with Crippen molar-refractivity contribution >= 4 is 29.1 Å². The van der Waals surface area contributed by atoms with E-state index in [0.29, 0.717) is 32.5 Å². The number of carbonyl (C=O) groups excluding carboxylic acids is 3. The van der Waals surface area contributed by atoms with Crippen molar-refractivity contribution in [2.75, 3.05) is 42.5 Å². The first kappa shape index (κ1) is 18.8. The normalized spacial score (nSPS) is 23.5. The summed E-state index contributed by atoms with van der Waals surface area (Å²) in [5.74, 6) is -0.714. The molecule has 0 spiro atoms. The van der Waals surface area contributed by atoms with Crippen molar-refractivity contribution in [3.8, 4) is 0 Å². The molecule has 3 aliphatic heterocycles. The number of hydrogen-bond donors (Lipinski definition) is 1. The molecule has 0 aromatic heterocycles. The molecule has 3 amide bonds. The van der Waals surface area contributed by atoms with Gasteiger partial charge in [0.25, 0.3) is 0 Å². The summed E-state index contributed by atoms with van der Waals surface area (Å²) in [7, 11) is 0. The molecule has 150 valence electrons. The van der Waals surface area contributed by atoms with E-state index in [-0.39, 0.29) is 36.0 Å². The Morgan fingerprint density at radius 3 is 2.11 bits per heavy atom. The summed E-state index contributed by atoms with van der Waals surface area (Å²) in [6, 6.07) is 8.10. The quantitative estimate of drug-likeness (QED) is 0.849. The van der Waals surface area contributed by atoms with E-state index in [2.05, 4.69) is 17.0 Å². The first-order valence-corrected chi connectivity index (χ1v) is 10.3. The van der Waals surface area contributed by atoms with Crippen LogP contribution in [0.4, 0.5) is 11.4 Å². The Labute approximate surface area is 165 Å². The lowest BCUT2D eigenvalue weighted by atomic mass is 9.95. The smallest absolute Gasteiger partial charge is 0.228 e. The van der Waals surface area contributed by atoms with Crippen molar-refractivity contribution in [1.82, 2.24) is 4.90 Å². The molecule has 7 heteroatoms. The molecule has 1 atom stereocenters. The molecule has 1 unspecified atom stereocenters. The highest BCUT2D eigenvalue weighted by molar-refractivity contribution is 6.00. The molecule has 4 rings (SSSR count). The third-order valence-electron chi connectivity index (χ3n) is 6.32. The summed E-state index contributed by atoms with van der Waals surface area (Å²) in [5, 5.41) is 0. The van der Waals surface area contributed by atoms with Crippen LogP contribution in [-0.2, 0) is 14.4 Å². The molecule has 3 heterocycles. The fourth-order valence-corrected chi connectivity index (χ4v) is 4.58. The second kappa shape index (κ2) is 7.81. The van der Waals surface area contributed by atoms with E-state index in [0.717, 1.165) is 18.8 Å². The summed E-state index contributed by atoms with van der Waals surface area (Å²) in [6.45, 7) is 3.69. The van der Waals surface area contributed by atoms with Gasteiger partial charge < -0.3 is 20.4 Å². The first-order chi connectivity index (χ1) is 13.5. The lowest BCUT2D eigenvalue weighted by molar-refractivity contribution is -0.138. The Balaban J connectivity index is 1.37. The predicted molar refractivity (Wildman–Crippen MR) is 107 cm³/mol. The van der Waals surface area contributed by atoms with Gasteiger partial charge >= 0.3 is 0 Å². The van der Waals surface area contributed by atoms with E-state index >= 15 is 0 Å². The van der Waals surface area contributed by atoms with Crippen LogP contribution in [0, 0.1) is 11.8 Å². The third-order valence-corrected chi connectivity index (χ3v) is 6.32. The number of nitrogens with zero attached hydrogens (tertiary/aromatic N) is 3. The minimum absolute atomic E-state index is 0.000653. The van der Waals surface area contributed by atoms with Gasteiger partial charge in [-0.3, -0.25) is 14.4 Å². The van der Waals surface area contributed by atoms with E-state index < -0.39 is 0 Å². The summed E-state index contributed by atoms with van der Waals surface area (Å²) < 4.78 is 0. The molecule has 7 nitrogen and oxygen atoms in total. The second-order valence-corrected chi connectivity index (χ2v) is 8.12. The topological polar surface area (TPSA) is 86.9 Å². The van der Waals surface area contributed by atoms with Crippen LogP contribution in [0.5, 0.6) is 0 Å². The number of anilines is 2. The Morgan fingerprint density at radius 1 is 0.893 bits per heavy atom. The molecule has 28 heavy (non-hydrogen) atoms. The van der Waals surface area contributed by atoms with Gasteiger partial charge in [0.2, 0.25) is 17.7 Å². The van der Waals surface area contributed by atoms with E-state index in [1.165, 1.54) is 18.5 Å². The highest BCUT2D eigenvalue weighted by atomic mass is 16.2. The van der Waals surface area contributed by atoms with Crippen molar-refractivity contribution in [1.29, 1.82) is 0 Å². The van der Waals surface area contributed by atoms with Crippen molar-refractivity contribution < 1.29 is 14.4 Å². The Kier molecular flexibility index (Phi) is 5.24. The Bertz CT molecular complexity index is 749. The van der Waals surface area contributed by atoms with Crippen LogP contribution in [0.2, 0.25) is 0 Å². The predicted octanol–water partition coefficient (Wildman–Crippen LogP) is 1.36. The number of hydrogen-bond acceptors (Lipinski definition) is 4. The van der Waals surface area contributed by atoms with E-state index in [9.17, 15) is 14.4 Å². The van der Waals surface area contributed by atoms with Gasteiger partial charge in [0.1, 0.15) is 0 Å². The van der Waals surface area contributed by atoms with Crippen LogP contribution in [0.15, 0.2) is 24.3 Å². The molecule has 2 N–H and O–H groups in total. The minimum atomic E-state index is -0.309. The number of carbonyl (C=O) groups is 3. The number of nitrogens with two attached hydrogens (primary N) is 1. The maximum atomic E-state index is 12.9. The summed E-state index contributed by atoms with van der Waals surface area (Å²) >= 11 is 0. The van der Waals surface area contributed by atoms with Crippen molar-refractivity contribution in [2.24, 2.45) is 17.6 Å². The van der Waals surface area contributed by atoms with Crippen LogP contribution in [-0.4, -0.2) is 55.3 Å². The van der Waals surface area contributed by atoms with Gasteiger partial charge in [0.05, 0.1) is 5.92 Å². The molecule has 3 aliphatic rings. The van der Waals surface area contributed by atoms with Crippen LogP contribution in [0.3, 0.4) is 0 Å². The fraction of sp³-hybridized carbons (Fsp3) is 0.571. The number of rotatable bonds is 4. The van der Waals surface area contributed by atoms with Gasteiger partial charge in [-0.1, -0.05) is 0 Å². The zero-order valence-corrected chi connectivity index (χ0v) is 16.2. The standard InChI is InChI=1S/C21H28N4O3/c22-20(27)15-7-11-24(12-8-15)21(28)16-13-19(26)25(14-16)18-5-3-17(4-6-18)23-9-1-2-10-23/h3-6,15-16H,1-2,7-14H2,(H2,22,27). The average molecular weight is 384 g/mol. The van der Waals surface area contributed by atoms with Crippen LogP contribution >= 0.6 is 0 Å². The molecule has 1 aromatic rings. The van der Waals surface area contributed by atoms with E-state index in [4.69, 9.17) is 5.73 Å². The van der Waals surface area contributed by atoms with Crippen molar-refractivity contribution in [3.05, 3.63) is 24.3 Å². The summed E-state index contributed by atoms with van der Waals surface area (Å²) in [6.07, 6.45) is 3.94. The largest absolute Gasteiger partial charge is 0.372 e. The number of amides is 3. The van der Waals surface area contributed by atoms with Gasteiger partial charge in [-0.15, -0.1) is 0 Å². The maximum absolute atomic E-state index is 12.9. The highest BCUT2D eigenvalue weighted by Crippen LogP contribution is 2.30. The van der Waals surface area contributed by atoms with Gasteiger partial charge in [0.15, 0.2) is 0 Å². The molecular formula is C21H28N4O3. The highest BCUT2D eigenvalue weighted by Gasteiger charge is 2.38. The van der Waals surface area contributed by atoms with Crippen molar-refractivity contribution in [2.45, 2.75) is 32.1 Å². The number of benzene rings is 1. The zero-order chi connectivity index (χ0) is 19.7. The first-order valence-electron chi connectivity index (χ1n) is 10.3. The summed E-state index contributed by atoms with van der Waals surface area (Å²) in [4.78, 5) is 42.6. The Morgan fingerprint density at radius 2 is 1.50 bits per heavy atom. The second-order valence-electron chi connectivity index (χ2n) is 8.12. The van der Waals surface area contributed by atoms with E-state index in [1.807, 2.05) is 12.1 Å². The lowest BCUT2D eigenvalue weighted by Crippen LogP contribution is -2.44. The maximum Gasteiger partial charge on any atom is 0.228 e. The molecule has 0 radical (unpaired) electrons. The van der Waals surface area contributed by atoms with Crippen LogP contribution < -0.4 is 15.5 Å². The molecule has 3 saturated heterocycles. The third kappa shape index (κ3) is 3.70. The molecule has 0 saturated carbocycles. The molecule has 0 bridgehead atoms. The molecular weight excluding hydrogens is 356 g/mol. The minimum Gasteiger partial charge on any atom is -0.372 e. The van der Waals surface area contributed by atoms with Crippen LogP contribution in [0.1, 0.15) is 32.1 Å². The molecule has 1 aromatic carbocycles. The van der Waals surface area contributed by atoms with Gasteiger partial charge in [0, 0.05) is 56.4 Å². The number of likely N-dealkylation sites (tertiary alicyclic amines) is 1. The van der Waals surface area contributed by atoms with Crippen LogP contribution in [0.25, 0.3) is 0 Å². The van der Waals surface area contributed by atoms with Gasteiger partial charge in [-0.2, -0.15) is 0 Å². The fourth-order valence-electron chi connectivity index (χ4n) is 4.58. The Hall–Kier alpha value is -2.57. The number of piperidine rings is 1. The van der Waals surface area contributed by atoms with Gasteiger partial charge in [-0.25, -0.2) is 0 Å². The monoisotopic (exact) mass is 384 g/mol. The van der Waals surface area contributed by atoms with Gasteiger partial charge in [-0.05, 0) is 49.9 Å². The van der Waals surface area contributed by atoms with E-state index in [1.54, 1.807) is 9.80 Å². The summed E-state index contributed by atoms with van der Waals surface area (Å²) in [5.41, 5.74) is 7.41. The SMILES string of the molecule is NC(=O)C1CCN(C(=O)C2CC(=O)N(c3ccc(N4CCCC4)cc3)C2)CC1. The lowest BCUT2D eigenvalue weighted by Gasteiger charge is -2.32. The molecule has 3 fully saturated rings.